The molecule has 3 N–H and O–H groups in total. The van der Waals surface area contributed by atoms with Crippen molar-refractivity contribution < 1.29 is 9.21 Å². The monoisotopic (exact) mass is 213 g/mol. The van der Waals surface area contributed by atoms with Crippen LogP contribution < -0.4 is 16.0 Å². The molecule has 0 spiro atoms. The second-order valence-corrected chi connectivity index (χ2v) is 2.81. The van der Waals surface area contributed by atoms with E-state index in [1.165, 1.54) is 0 Å². The third-order valence-corrected chi connectivity index (χ3v) is 1.67. The van der Waals surface area contributed by atoms with E-state index in [4.69, 9.17) is 4.42 Å². The Morgan fingerprint density at radius 1 is 1.47 bits per heavy atom. The lowest BCUT2D eigenvalue weighted by molar-refractivity contribution is -0.118. The van der Waals surface area contributed by atoms with E-state index in [-0.39, 0.29) is 18.5 Å². The minimum absolute atomic E-state index is 0.124. The van der Waals surface area contributed by atoms with Crippen LogP contribution in [-0.2, 0) is 11.3 Å². The van der Waals surface area contributed by atoms with Crippen molar-refractivity contribution in [2.45, 2.75) is 13.5 Å². The Labute approximate surface area is 87.6 Å². The summed E-state index contributed by atoms with van der Waals surface area (Å²) in [7, 11) is 1.56. The van der Waals surface area contributed by atoms with E-state index < -0.39 is 0 Å². The summed E-state index contributed by atoms with van der Waals surface area (Å²) in [6, 6.07) is 0.256. The molecule has 1 aromatic heterocycles. The number of carbonyl (C=O) groups is 1. The lowest BCUT2D eigenvalue weighted by Gasteiger charge is -1.98. The predicted molar refractivity (Wildman–Crippen MR) is 54.2 cm³/mol. The van der Waals surface area contributed by atoms with Crippen molar-refractivity contribution in [3.05, 3.63) is 5.89 Å². The van der Waals surface area contributed by atoms with Crippen molar-refractivity contribution in [2.75, 3.05) is 25.5 Å². The highest BCUT2D eigenvalue weighted by Crippen LogP contribution is 2.03. The molecule has 0 bridgehead atoms. The molecule has 84 valence electrons. The van der Waals surface area contributed by atoms with E-state index in [1.807, 2.05) is 6.92 Å². The molecule has 0 aliphatic carbocycles. The Kier molecular flexibility index (Phi) is 4.55. The van der Waals surface area contributed by atoms with Crippen LogP contribution in [0.3, 0.4) is 0 Å². The summed E-state index contributed by atoms with van der Waals surface area (Å²) in [6.45, 7) is 3.48. The molecule has 0 aliphatic heterocycles. The van der Waals surface area contributed by atoms with E-state index in [2.05, 4.69) is 26.1 Å². The summed E-state index contributed by atoms with van der Waals surface area (Å²) in [4.78, 5) is 10.9. The Balaban J connectivity index is 2.35. The average Bonchev–Trinajstić information content (AvgIpc) is 2.71. The number of likely N-dealkylation sites (N-methyl/N-ethyl adjacent to an activating group) is 1. The van der Waals surface area contributed by atoms with Crippen molar-refractivity contribution in [3.63, 3.8) is 0 Å². The number of rotatable bonds is 6. The van der Waals surface area contributed by atoms with Gasteiger partial charge < -0.3 is 20.4 Å². The maximum Gasteiger partial charge on any atom is 0.315 e. The second kappa shape index (κ2) is 5.97. The van der Waals surface area contributed by atoms with Gasteiger partial charge in [0.25, 0.3) is 0 Å². The first-order valence-electron chi connectivity index (χ1n) is 4.73. The molecule has 7 nitrogen and oxygen atoms in total. The van der Waals surface area contributed by atoms with Gasteiger partial charge in [-0.25, -0.2) is 0 Å². The van der Waals surface area contributed by atoms with Gasteiger partial charge in [-0.3, -0.25) is 4.79 Å². The molecule has 1 amide bonds. The Hall–Kier alpha value is -1.63. The van der Waals surface area contributed by atoms with Crippen molar-refractivity contribution in [1.82, 2.24) is 20.8 Å². The van der Waals surface area contributed by atoms with Gasteiger partial charge in [-0.2, -0.15) is 0 Å². The van der Waals surface area contributed by atoms with Gasteiger partial charge in [-0.1, -0.05) is 12.0 Å². The number of hydrogen-bond acceptors (Lipinski definition) is 6. The zero-order chi connectivity index (χ0) is 11.1. The van der Waals surface area contributed by atoms with Gasteiger partial charge in [-0.15, -0.1) is 5.10 Å². The van der Waals surface area contributed by atoms with Gasteiger partial charge in [0.1, 0.15) is 0 Å². The van der Waals surface area contributed by atoms with Crippen LogP contribution in [0.2, 0.25) is 0 Å². The van der Waals surface area contributed by atoms with E-state index >= 15 is 0 Å². The molecule has 7 heteroatoms. The summed E-state index contributed by atoms with van der Waals surface area (Å²) in [5.41, 5.74) is 0. The number of carbonyl (C=O) groups excluding carboxylic acids is 1. The summed E-state index contributed by atoms with van der Waals surface area (Å²) in [5, 5.41) is 15.7. The molecule has 1 rings (SSSR count). The standard InChI is InChI=1S/C8H15N5O2/c1-3-10-5-7-12-13-8(15-7)11-4-6(14)9-2/h10H,3-5H2,1-2H3,(H,9,14)(H,11,13). The van der Waals surface area contributed by atoms with Crippen LogP contribution in [0.4, 0.5) is 6.01 Å². The molecule has 0 atom stereocenters. The van der Waals surface area contributed by atoms with Crippen LogP contribution in [0, 0.1) is 0 Å². The molecule has 0 saturated carbocycles. The molecular formula is C8H15N5O2. The van der Waals surface area contributed by atoms with Crippen LogP contribution >= 0.6 is 0 Å². The smallest absolute Gasteiger partial charge is 0.315 e. The van der Waals surface area contributed by atoms with Gasteiger partial charge >= 0.3 is 6.01 Å². The highest BCUT2D eigenvalue weighted by atomic mass is 16.4. The first kappa shape index (κ1) is 11.4. The molecule has 1 aromatic rings. The van der Waals surface area contributed by atoms with Gasteiger partial charge in [0.2, 0.25) is 11.8 Å². The minimum atomic E-state index is -0.138. The maximum atomic E-state index is 10.9. The van der Waals surface area contributed by atoms with E-state index in [1.54, 1.807) is 7.05 Å². The summed E-state index contributed by atoms with van der Waals surface area (Å²) in [5.74, 6) is 0.359. The highest BCUT2D eigenvalue weighted by Gasteiger charge is 2.05. The van der Waals surface area contributed by atoms with Crippen LogP contribution in [0.15, 0.2) is 4.42 Å². The Bertz CT molecular complexity index is 312. The SMILES string of the molecule is CCNCc1nnc(NCC(=O)NC)o1. The zero-order valence-corrected chi connectivity index (χ0v) is 8.83. The fourth-order valence-electron chi connectivity index (χ4n) is 0.873. The quantitative estimate of drug-likeness (QED) is 0.581. The van der Waals surface area contributed by atoms with Crippen molar-refractivity contribution in [2.24, 2.45) is 0 Å². The fourth-order valence-corrected chi connectivity index (χ4v) is 0.873. The van der Waals surface area contributed by atoms with Crippen LogP contribution in [0.1, 0.15) is 12.8 Å². The third kappa shape index (κ3) is 3.94. The molecule has 0 fully saturated rings. The highest BCUT2D eigenvalue weighted by molar-refractivity contribution is 5.79. The number of nitrogens with one attached hydrogen (secondary N) is 3. The summed E-state index contributed by atoms with van der Waals surface area (Å²) in [6.07, 6.45) is 0. The van der Waals surface area contributed by atoms with E-state index in [0.29, 0.717) is 12.4 Å². The van der Waals surface area contributed by atoms with Crippen LogP contribution in [0.25, 0.3) is 0 Å². The molecule has 0 aromatic carbocycles. The van der Waals surface area contributed by atoms with Gasteiger partial charge in [-0.05, 0) is 6.54 Å². The molecular weight excluding hydrogens is 198 g/mol. The third-order valence-electron chi connectivity index (χ3n) is 1.67. The summed E-state index contributed by atoms with van der Waals surface area (Å²) < 4.78 is 5.20. The number of aromatic nitrogens is 2. The molecule has 0 aliphatic rings. The Morgan fingerprint density at radius 3 is 2.93 bits per heavy atom. The lowest BCUT2D eigenvalue weighted by Crippen LogP contribution is -2.26. The molecule has 0 saturated heterocycles. The topological polar surface area (TPSA) is 92.1 Å². The number of anilines is 1. The first-order valence-corrected chi connectivity index (χ1v) is 4.73. The maximum absolute atomic E-state index is 10.9. The van der Waals surface area contributed by atoms with Crippen LogP contribution in [-0.4, -0.2) is 36.2 Å². The largest absolute Gasteiger partial charge is 0.407 e. The molecule has 0 radical (unpaired) electrons. The summed E-state index contributed by atoms with van der Waals surface area (Å²) >= 11 is 0. The second-order valence-electron chi connectivity index (χ2n) is 2.81. The zero-order valence-electron chi connectivity index (χ0n) is 8.83. The van der Waals surface area contributed by atoms with Gasteiger partial charge in [0, 0.05) is 7.05 Å². The van der Waals surface area contributed by atoms with Gasteiger partial charge in [0.05, 0.1) is 13.1 Å². The molecule has 1 heterocycles. The van der Waals surface area contributed by atoms with E-state index in [9.17, 15) is 4.79 Å². The molecule has 15 heavy (non-hydrogen) atoms. The first-order chi connectivity index (χ1) is 7.26. The Morgan fingerprint density at radius 2 is 2.27 bits per heavy atom. The van der Waals surface area contributed by atoms with Crippen molar-refractivity contribution in [3.8, 4) is 0 Å². The van der Waals surface area contributed by atoms with Crippen LogP contribution in [0.5, 0.6) is 0 Å². The molecule has 0 unspecified atom stereocenters. The van der Waals surface area contributed by atoms with E-state index in [0.717, 1.165) is 6.54 Å². The van der Waals surface area contributed by atoms with Crippen molar-refractivity contribution >= 4 is 11.9 Å². The fraction of sp³-hybridized carbons (Fsp3) is 0.625. The predicted octanol–water partition coefficient (Wildman–Crippen LogP) is -0.663. The normalized spacial score (nSPS) is 10.0. The lowest BCUT2D eigenvalue weighted by atomic mass is 10.6. The van der Waals surface area contributed by atoms with Gasteiger partial charge in [0.15, 0.2) is 0 Å². The number of hydrogen-bond donors (Lipinski definition) is 3. The minimum Gasteiger partial charge on any atom is -0.407 e. The number of amides is 1. The number of nitrogens with zero attached hydrogens (tertiary/aromatic N) is 2. The van der Waals surface area contributed by atoms with Crippen molar-refractivity contribution in [1.29, 1.82) is 0 Å². The average molecular weight is 213 g/mol.